The van der Waals surface area contributed by atoms with Crippen molar-refractivity contribution < 1.29 is 9.59 Å². The summed E-state index contributed by atoms with van der Waals surface area (Å²) in [6.45, 7) is 12.2. The van der Waals surface area contributed by atoms with Gasteiger partial charge in [0.05, 0.1) is 11.0 Å². The minimum Gasteiger partial charge on any atom is -0.353 e. The standard InChI is InChI=1S/C31H45N5O2S/c1-5-24(6-2)36-28-13-12-23(20-26(28)33-29(36)21-25-11-10-18-39-25)30(37)34-27(19-22(3)4)31(38)32-14-17-35-15-8-7-9-16-35/h10-13,18,20,22,24,27H,5-9,14-17,19,21H2,1-4H3,(H,32,38)(H,34,37). The second-order valence-electron chi connectivity index (χ2n) is 11.2. The van der Waals surface area contributed by atoms with Crippen molar-refractivity contribution in [2.75, 3.05) is 26.2 Å². The lowest BCUT2D eigenvalue weighted by Crippen LogP contribution is -2.49. The molecular weight excluding hydrogens is 506 g/mol. The third kappa shape index (κ3) is 7.70. The maximum absolute atomic E-state index is 13.4. The molecule has 1 fully saturated rings. The number of rotatable bonds is 13. The third-order valence-electron chi connectivity index (χ3n) is 7.75. The maximum Gasteiger partial charge on any atom is 0.252 e. The van der Waals surface area contributed by atoms with Crippen LogP contribution in [0, 0.1) is 5.92 Å². The van der Waals surface area contributed by atoms with Gasteiger partial charge in [0.15, 0.2) is 0 Å². The molecule has 0 aliphatic carbocycles. The molecule has 39 heavy (non-hydrogen) atoms. The average molecular weight is 552 g/mol. The molecule has 2 amide bonds. The first kappa shape index (κ1) is 29.3. The minimum atomic E-state index is -0.564. The van der Waals surface area contributed by atoms with Crippen molar-refractivity contribution in [1.82, 2.24) is 25.1 Å². The van der Waals surface area contributed by atoms with Gasteiger partial charge < -0.3 is 20.1 Å². The summed E-state index contributed by atoms with van der Waals surface area (Å²) in [6.07, 6.45) is 7.17. The highest BCUT2D eigenvalue weighted by Crippen LogP contribution is 2.28. The lowest BCUT2D eigenvalue weighted by Gasteiger charge is -2.27. The van der Waals surface area contributed by atoms with Crippen molar-refractivity contribution in [3.8, 4) is 0 Å². The predicted octanol–water partition coefficient (Wildman–Crippen LogP) is 5.80. The number of hydrogen-bond donors (Lipinski definition) is 2. The largest absolute Gasteiger partial charge is 0.353 e. The summed E-state index contributed by atoms with van der Waals surface area (Å²) >= 11 is 1.74. The van der Waals surface area contributed by atoms with Gasteiger partial charge in [-0.2, -0.15) is 0 Å². The van der Waals surface area contributed by atoms with E-state index in [-0.39, 0.29) is 17.7 Å². The number of thiophene rings is 1. The highest BCUT2D eigenvalue weighted by Gasteiger charge is 2.24. The van der Waals surface area contributed by atoms with Gasteiger partial charge in [-0.05, 0) is 80.8 Å². The molecule has 0 saturated carbocycles. The zero-order chi connectivity index (χ0) is 27.8. The molecule has 1 aliphatic rings. The number of carbonyl (C=O) groups excluding carboxylic acids is 2. The Kier molecular flexibility index (Phi) is 10.6. The second kappa shape index (κ2) is 14.1. The van der Waals surface area contributed by atoms with Gasteiger partial charge in [0, 0.05) is 36.0 Å². The number of likely N-dealkylation sites (tertiary alicyclic amines) is 1. The van der Waals surface area contributed by atoms with Crippen LogP contribution in [0.2, 0.25) is 0 Å². The smallest absolute Gasteiger partial charge is 0.252 e. The van der Waals surface area contributed by atoms with Crippen LogP contribution >= 0.6 is 11.3 Å². The molecule has 1 saturated heterocycles. The van der Waals surface area contributed by atoms with Crippen LogP contribution in [0.15, 0.2) is 35.7 Å². The molecule has 1 atom stereocenters. The molecule has 7 nitrogen and oxygen atoms in total. The van der Waals surface area contributed by atoms with E-state index in [0.29, 0.717) is 24.6 Å². The molecule has 1 aliphatic heterocycles. The van der Waals surface area contributed by atoms with Crippen molar-refractivity contribution >= 4 is 34.2 Å². The highest BCUT2D eigenvalue weighted by atomic mass is 32.1. The third-order valence-corrected chi connectivity index (χ3v) is 8.63. The van der Waals surface area contributed by atoms with Gasteiger partial charge in [0.1, 0.15) is 11.9 Å². The van der Waals surface area contributed by atoms with E-state index < -0.39 is 6.04 Å². The molecule has 0 bridgehead atoms. The van der Waals surface area contributed by atoms with Gasteiger partial charge in [-0.25, -0.2) is 4.98 Å². The highest BCUT2D eigenvalue weighted by molar-refractivity contribution is 7.09. The van der Waals surface area contributed by atoms with Crippen molar-refractivity contribution in [2.24, 2.45) is 5.92 Å². The van der Waals surface area contributed by atoms with Crippen LogP contribution < -0.4 is 10.6 Å². The van der Waals surface area contributed by atoms with Crippen LogP contribution in [0.4, 0.5) is 0 Å². The Morgan fingerprint density at radius 1 is 1.08 bits per heavy atom. The second-order valence-corrected chi connectivity index (χ2v) is 12.2. The summed E-state index contributed by atoms with van der Waals surface area (Å²) in [5, 5.41) is 8.19. The fourth-order valence-corrected chi connectivity index (χ4v) is 6.33. The quantitative estimate of drug-likeness (QED) is 0.282. The Balaban J connectivity index is 1.49. The fourth-order valence-electron chi connectivity index (χ4n) is 5.63. The van der Waals surface area contributed by atoms with Gasteiger partial charge in [-0.1, -0.05) is 40.2 Å². The molecule has 0 radical (unpaired) electrons. The lowest BCUT2D eigenvalue weighted by atomic mass is 10.0. The molecule has 3 aromatic rings. The van der Waals surface area contributed by atoms with E-state index in [9.17, 15) is 9.59 Å². The Labute approximate surface area is 237 Å². The molecular formula is C31H45N5O2S. The van der Waals surface area contributed by atoms with Crippen molar-refractivity contribution in [3.05, 3.63) is 52.0 Å². The number of carbonyl (C=O) groups is 2. The zero-order valence-corrected chi connectivity index (χ0v) is 24.9. The van der Waals surface area contributed by atoms with Crippen LogP contribution in [0.25, 0.3) is 11.0 Å². The first-order valence-corrected chi connectivity index (χ1v) is 15.6. The number of fused-ring (bicyclic) bond motifs is 1. The number of piperidine rings is 1. The normalized spacial score (nSPS) is 15.2. The van der Waals surface area contributed by atoms with E-state index in [4.69, 9.17) is 4.98 Å². The van der Waals surface area contributed by atoms with Crippen molar-refractivity contribution in [2.45, 2.75) is 84.7 Å². The maximum atomic E-state index is 13.4. The molecule has 2 aromatic heterocycles. The molecule has 212 valence electrons. The number of nitrogens with one attached hydrogen (secondary N) is 2. The van der Waals surface area contributed by atoms with Crippen molar-refractivity contribution in [3.63, 3.8) is 0 Å². The van der Waals surface area contributed by atoms with E-state index in [0.717, 1.165) is 55.8 Å². The van der Waals surface area contributed by atoms with Gasteiger partial charge >= 0.3 is 0 Å². The number of imidazole rings is 1. The van der Waals surface area contributed by atoms with Gasteiger partial charge in [-0.15, -0.1) is 11.3 Å². The SMILES string of the molecule is CCC(CC)n1c(Cc2cccs2)nc2cc(C(=O)NC(CC(C)C)C(=O)NCCN3CCCCC3)ccc21. The monoisotopic (exact) mass is 551 g/mol. The summed E-state index contributed by atoms with van der Waals surface area (Å²) in [6, 6.07) is 9.77. The minimum absolute atomic E-state index is 0.105. The Morgan fingerprint density at radius 3 is 2.51 bits per heavy atom. The zero-order valence-electron chi connectivity index (χ0n) is 24.0. The number of benzene rings is 1. The van der Waals surface area contributed by atoms with Crippen LogP contribution in [-0.4, -0.2) is 58.5 Å². The van der Waals surface area contributed by atoms with Gasteiger partial charge in [0.25, 0.3) is 5.91 Å². The molecule has 0 spiro atoms. The topological polar surface area (TPSA) is 79.3 Å². The van der Waals surface area contributed by atoms with Gasteiger partial charge in [0.2, 0.25) is 5.91 Å². The van der Waals surface area contributed by atoms with Crippen LogP contribution in [0.1, 0.15) is 93.3 Å². The number of aromatic nitrogens is 2. The first-order valence-electron chi connectivity index (χ1n) is 14.7. The molecule has 1 unspecified atom stereocenters. The van der Waals surface area contributed by atoms with E-state index in [1.807, 2.05) is 18.2 Å². The summed E-state index contributed by atoms with van der Waals surface area (Å²) in [7, 11) is 0. The lowest BCUT2D eigenvalue weighted by molar-refractivity contribution is -0.123. The van der Waals surface area contributed by atoms with E-state index in [1.165, 1.54) is 24.1 Å². The molecule has 2 N–H and O–H groups in total. The Hall–Kier alpha value is -2.71. The first-order chi connectivity index (χ1) is 18.9. The van der Waals surface area contributed by atoms with E-state index in [1.54, 1.807) is 11.3 Å². The average Bonchev–Trinajstić information content (AvgIpc) is 3.57. The molecule has 8 heteroatoms. The van der Waals surface area contributed by atoms with Crippen molar-refractivity contribution in [1.29, 1.82) is 0 Å². The number of hydrogen-bond acceptors (Lipinski definition) is 5. The molecule has 3 heterocycles. The Morgan fingerprint density at radius 2 is 1.85 bits per heavy atom. The Bertz CT molecular complexity index is 1210. The van der Waals surface area contributed by atoms with E-state index in [2.05, 4.69) is 65.3 Å². The van der Waals surface area contributed by atoms with Gasteiger partial charge in [-0.3, -0.25) is 9.59 Å². The summed E-state index contributed by atoms with van der Waals surface area (Å²) in [4.78, 5) is 35.1. The summed E-state index contributed by atoms with van der Waals surface area (Å²) in [5.74, 6) is 0.975. The van der Waals surface area contributed by atoms with Crippen LogP contribution in [0.3, 0.4) is 0 Å². The fraction of sp³-hybridized carbons (Fsp3) is 0.581. The molecule has 4 rings (SSSR count). The number of amides is 2. The summed E-state index contributed by atoms with van der Waals surface area (Å²) < 4.78 is 2.36. The summed E-state index contributed by atoms with van der Waals surface area (Å²) in [5.41, 5.74) is 2.42. The predicted molar refractivity (Wildman–Crippen MR) is 160 cm³/mol. The molecule has 1 aromatic carbocycles. The van der Waals surface area contributed by atoms with E-state index >= 15 is 0 Å². The number of nitrogens with zero attached hydrogens (tertiary/aromatic N) is 3. The van der Waals surface area contributed by atoms with Crippen LogP contribution in [-0.2, 0) is 11.2 Å². The van der Waals surface area contributed by atoms with Crippen LogP contribution in [0.5, 0.6) is 0 Å².